The van der Waals surface area contributed by atoms with Crippen molar-refractivity contribution in [1.29, 1.82) is 0 Å². The Bertz CT molecular complexity index is 410. The Morgan fingerprint density at radius 3 is 2.79 bits per heavy atom. The van der Waals surface area contributed by atoms with E-state index in [4.69, 9.17) is 14.2 Å². The fourth-order valence-corrected chi connectivity index (χ4v) is 2.09. The van der Waals surface area contributed by atoms with E-state index in [0.717, 1.165) is 12.8 Å². The van der Waals surface area contributed by atoms with Crippen molar-refractivity contribution in [2.24, 2.45) is 0 Å². The maximum Gasteiger partial charge on any atom is 0.192 e. The number of carbonyl (C=O) groups excluding carboxylic acids is 1. The predicted molar refractivity (Wildman–Crippen MR) is 71.7 cm³/mol. The van der Waals surface area contributed by atoms with Crippen LogP contribution in [0, 0.1) is 0 Å². The molecular formula is C15H20O4. The molecule has 0 aromatic heterocycles. The van der Waals surface area contributed by atoms with Crippen LogP contribution in [0.25, 0.3) is 0 Å². The van der Waals surface area contributed by atoms with Gasteiger partial charge in [-0.15, -0.1) is 0 Å². The highest BCUT2D eigenvalue weighted by atomic mass is 16.5. The lowest BCUT2D eigenvalue weighted by molar-refractivity contribution is -0.0262. The predicted octanol–water partition coefficient (Wildman–Crippen LogP) is 2.46. The summed E-state index contributed by atoms with van der Waals surface area (Å²) in [6.45, 7) is 3.99. The number of carbonyl (C=O) groups is 1. The average Bonchev–Trinajstić information content (AvgIpc) is 2.47. The highest BCUT2D eigenvalue weighted by molar-refractivity contribution is 5.99. The van der Waals surface area contributed by atoms with Gasteiger partial charge in [-0.2, -0.15) is 0 Å². The van der Waals surface area contributed by atoms with Crippen LogP contribution in [-0.2, 0) is 9.47 Å². The standard InChI is InChI=1S/C15H20O4/c1-2-18-15-6-4-3-5-13(15)14(16)11-19-12-7-9-17-10-8-12/h3-6,12H,2,7-11H2,1H3. The van der Waals surface area contributed by atoms with Crippen LogP contribution >= 0.6 is 0 Å². The van der Waals surface area contributed by atoms with E-state index < -0.39 is 0 Å². The van der Waals surface area contributed by atoms with Gasteiger partial charge in [0.1, 0.15) is 12.4 Å². The molecule has 1 aliphatic rings. The first-order valence-corrected chi connectivity index (χ1v) is 6.75. The lowest BCUT2D eigenvalue weighted by Crippen LogP contribution is -2.26. The normalized spacial score (nSPS) is 16.3. The summed E-state index contributed by atoms with van der Waals surface area (Å²) in [6, 6.07) is 7.29. The van der Waals surface area contributed by atoms with Crippen LogP contribution < -0.4 is 4.74 Å². The molecule has 2 rings (SSSR count). The summed E-state index contributed by atoms with van der Waals surface area (Å²) in [5.74, 6) is 0.598. The van der Waals surface area contributed by atoms with Crippen molar-refractivity contribution in [3.63, 3.8) is 0 Å². The zero-order valence-electron chi connectivity index (χ0n) is 11.3. The molecule has 0 amide bonds. The summed E-state index contributed by atoms with van der Waals surface area (Å²) < 4.78 is 16.4. The Kier molecular flexibility index (Phi) is 5.36. The number of Topliss-reactive ketones (excluding diaryl/α,β-unsaturated/α-hetero) is 1. The van der Waals surface area contributed by atoms with Crippen molar-refractivity contribution in [2.45, 2.75) is 25.9 Å². The van der Waals surface area contributed by atoms with E-state index in [1.807, 2.05) is 25.1 Å². The molecule has 4 nitrogen and oxygen atoms in total. The summed E-state index contributed by atoms with van der Waals surface area (Å²) >= 11 is 0. The molecule has 0 saturated carbocycles. The van der Waals surface area contributed by atoms with Crippen LogP contribution in [0.1, 0.15) is 30.1 Å². The average molecular weight is 264 g/mol. The van der Waals surface area contributed by atoms with Gasteiger partial charge in [0.2, 0.25) is 0 Å². The number of hydrogen-bond acceptors (Lipinski definition) is 4. The van der Waals surface area contributed by atoms with Gasteiger partial charge in [0.25, 0.3) is 0 Å². The fourth-order valence-electron chi connectivity index (χ4n) is 2.09. The molecule has 0 unspecified atom stereocenters. The van der Waals surface area contributed by atoms with Crippen molar-refractivity contribution in [3.8, 4) is 5.75 Å². The van der Waals surface area contributed by atoms with Crippen molar-refractivity contribution in [3.05, 3.63) is 29.8 Å². The first-order valence-electron chi connectivity index (χ1n) is 6.75. The molecule has 1 saturated heterocycles. The second-order valence-electron chi connectivity index (χ2n) is 4.48. The zero-order valence-corrected chi connectivity index (χ0v) is 11.3. The Hall–Kier alpha value is -1.39. The van der Waals surface area contributed by atoms with Gasteiger partial charge < -0.3 is 14.2 Å². The minimum absolute atomic E-state index is 0.0319. The van der Waals surface area contributed by atoms with Gasteiger partial charge in [-0.25, -0.2) is 0 Å². The SMILES string of the molecule is CCOc1ccccc1C(=O)COC1CCOCC1. The number of para-hydroxylation sites is 1. The van der Waals surface area contributed by atoms with Crippen LogP contribution in [0.4, 0.5) is 0 Å². The monoisotopic (exact) mass is 264 g/mol. The Labute approximate surface area is 113 Å². The molecule has 0 radical (unpaired) electrons. The van der Waals surface area contributed by atoms with Gasteiger partial charge in [0, 0.05) is 13.2 Å². The molecule has 1 fully saturated rings. The molecule has 4 heteroatoms. The molecule has 0 N–H and O–H groups in total. The number of benzene rings is 1. The Morgan fingerprint density at radius 2 is 2.05 bits per heavy atom. The molecule has 19 heavy (non-hydrogen) atoms. The summed E-state index contributed by atoms with van der Waals surface area (Å²) in [6.07, 6.45) is 1.86. The quantitative estimate of drug-likeness (QED) is 0.740. The molecule has 0 spiro atoms. The maximum absolute atomic E-state index is 12.1. The minimum Gasteiger partial charge on any atom is -0.493 e. The van der Waals surface area contributed by atoms with Gasteiger partial charge in [-0.1, -0.05) is 12.1 Å². The zero-order chi connectivity index (χ0) is 13.5. The van der Waals surface area contributed by atoms with Gasteiger partial charge >= 0.3 is 0 Å². The lowest BCUT2D eigenvalue weighted by atomic mass is 10.1. The highest BCUT2D eigenvalue weighted by Gasteiger charge is 2.17. The molecule has 1 aliphatic heterocycles. The molecule has 0 bridgehead atoms. The molecule has 1 aromatic rings. The molecular weight excluding hydrogens is 244 g/mol. The molecule has 1 aromatic carbocycles. The third kappa shape index (κ3) is 4.04. The van der Waals surface area contributed by atoms with Gasteiger partial charge in [-0.3, -0.25) is 4.79 Å². The van der Waals surface area contributed by atoms with Gasteiger partial charge in [0.15, 0.2) is 5.78 Å². The number of rotatable bonds is 6. The van der Waals surface area contributed by atoms with Crippen LogP contribution in [0.2, 0.25) is 0 Å². The number of ether oxygens (including phenoxy) is 3. The van der Waals surface area contributed by atoms with E-state index in [2.05, 4.69) is 0 Å². The molecule has 1 heterocycles. The van der Waals surface area contributed by atoms with E-state index in [0.29, 0.717) is 31.1 Å². The Morgan fingerprint density at radius 1 is 1.32 bits per heavy atom. The van der Waals surface area contributed by atoms with Gasteiger partial charge in [-0.05, 0) is 31.9 Å². The summed E-state index contributed by atoms with van der Waals surface area (Å²) in [5, 5.41) is 0. The molecule has 0 aliphatic carbocycles. The summed E-state index contributed by atoms with van der Waals surface area (Å²) in [7, 11) is 0. The van der Waals surface area contributed by atoms with E-state index in [1.165, 1.54) is 0 Å². The van der Waals surface area contributed by atoms with Crippen LogP contribution in [-0.4, -0.2) is 38.3 Å². The fraction of sp³-hybridized carbons (Fsp3) is 0.533. The largest absolute Gasteiger partial charge is 0.493 e. The van der Waals surface area contributed by atoms with Crippen molar-refractivity contribution in [1.82, 2.24) is 0 Å². The van der Waals surface area contributed by atoms with E-state index in [-0.39, 0.29) is 18.5 Å². The maximum atomic E-state index is 12.1. The topological polar surface area (TPSA) is 44.8 Å². The second kappa shape index (κ2) is 7.26. The van der Waals surface area contributed by atoms with E-state index in [9.17, 15) is 4.79 Å². The first kappa shape index (κ1) is 14.0. The second-order valence-corrected chi connectivity index (χ2v) is 4.48. The lowest BCUT2D eigenvalue weighted by Gasteiger charge is -2.22. The van der Waals surface area contributed by atoms with Crippen molar-refractivity contribution < 1.29 is 19.0 Å². The molecule has 104 valence electrons. The third-order valence-corrected chi connectivity index (χ3v) is 3.11. The van der Waals surface area contributed by atoms with E-state index in [1.54, 1.807) is 6.07 Å². The van der Waals surface area contributed by atoms with Crippen molar-refractivity contribution in [2.75, 3.05) is 26.4 Å². The number of hydrogen-bond donors (Lipinski definition) is 0. The summed E-state index contributed by atoms with van der Waals surface area (Å²) in [5.41, 5.74) is 0.594. The van der Waals surface area contributed by atoms with E-state index >= 15 is 0 Å². The smallest absolute Gasteiger partial charge is 0.192 e. The van der Waals surface area contributed by atoms with Crippen LogP contribution in [0.15, 0.2) is 24.3 Å². The third-order valence-electron chi connectivity index (χ3n) is 3.11. The highest BCUT2D eigenvalue weighted by Crippen LogP contribution is 2.19. The Balaban J connectivity index is 1.91. The van der Waals surface area contributed by atoms with Gasteiger partial charge in [0.05, 0.1) is 18.3 Å². The summed E-state index contributed by atoms with van der Waals surface area (Å²) in [4.78, 5) is 12.1. The first-order chi connectivity index (χ1) is 9.31. The van der Waals surface area contributed by atoms with Crippen LogP contribution in [0.3, 0.4) is 0 Å². The number of ketones is 1. The molecule has 0 atom stereocenters. The van der Waals surface area contributed by atoms with Crippen molar-refractivity contribution >= 4 is 5.78 Å². The minimum atomic E-state index is -0.0319. The van der Waals surface area contributed by atoms with Crippen LogP contribution in [0.5, 0.6) is 5.75 Å².